The molecule has 0 saturated carbocycles. The van der Waals surface area contributed by atoms with Crippen LogP contribution < -0.4 is 15.4 Å². The molecule has 2 aliphatic rings. The first kappa shape index (κ1) is 18.7. The number of carbonyl (C=O) groups is 3. The van der Waals surface area contributed by atoms with Gasteiger partial charge in [0.2, 0.25) is 11.8 Å². The molecule has 0 fully saturated rings. The van der Waals surface area contributed by atoms with Crippen LogP contribution in [0.5, 0.6) is 5.75 Å². The van der Waals surface area contributed by atoms with Crippen molar-refractivity contribution >= 4 is 35.2 Å². The number of fused-ring (bicyclic) bond motifs is 2. The fourth-order valence-corrected chi connectivity index (χ4v) is 3.59. The third kappa shape index (κ3) is 3.71. The molecule has 2 N–H and O–H groups in total. The van der Waals surface area contributed by atoms with Gasteiger partial charge in [-0.3, -0.25) is 14.4 Å². The van der Waals surface area contributed by atoms with Crippen molar-refractivity contribution in [1.29, 1.82) is 0 Å². The first-order valence-electron chi connectivity index (χ1n) is 9.40. The SMILES string of the molecule is CC(=O)N1C=Cc2ccccc2[C@@H]1CC(=O)Nc1ccc2c(c1)NC(=O)[C@@H](C)O2. The van der Waals surface area contributed by atoms with Gasteiger partial charge in [-0.2, -0.15) is 0 Å². The molecule has 4 rings (SSSR count). The van der Waals surface area contributed by atoms with Gasteiger partial charge in [0.1, 0.15) is 5.75 Å². The highest BCUT2D eigenvalue weighted by Gasteiger charge is 2.28. The summed E-state index contributed by atoms with van der Waals surface area (Å²) in [4.78, 5) is 38.2. The van der Waals surface area contributed by atoms with Crippen LogP contribution in [0, 0.1) is 0 Å². The van der Waals surface area contributed by atoms with Gasteiger partial charge in [-0.25, -0.2) is 0 Å². The van der Waals surface area contributed by atoms with E-state index in [0.717, 1.165) is 11.1 Å². The van der Waals surface area contributed by atoms with E-state index in [1.807, 2.05) is 30.3 Å². The summed E-state index contributed by atoms with van der Waals surface area (Å²) in [5.41, 5.74) is 2.98. The number of rotatable bonds is 3. The van der Waals surface area contributed by atoms with Crippen molar-refractivity contribution in [1.82, 2.24) is 4.90 Å². The zero-order chi connectivity index (χ0) is 20.5. The van der Waals surface area contributed by atoms with Crippen LogP contribution in [0.25, 0.3) is 6.08 Å². The first-order valence-corrected chi connectivity index (χ1v) is 9.40. The van der Waals surface area contributed by atoms with Gasteiger partial charge in [-0.15, -0.1) is 0 Å². The predicted molar refractivity (Wildman–Crippen MR) is 109 cm³/mol. The van der Waals surface area contributed by atoms with Crippen molar-refractivity contribution < 1.29 is 19.1 Å². The molecule has 0 radical (unpaired) electrons. The van der Waals surface area contributed by atoms with E-state index in [9.17, 15) is 14.4 Å². The van der Waals surface area contributed by atoms with E-state index < -0.39 is 6.10 Å². The van der Waals surface area contributed by atoms with Crippen molar-refractivity contribution in [2.75, 3.05) is 10.6 Å². The minimum Gasteiger partial charge on any atom is -0.479 e. The quantitative estimate of drug-likeness (QED) is 0.840. The molecule has 7 nitrogen and oxygen atoms in total. The van der Waals surface area contributed by atoms with Crippen LogP contribution in [0.4, 0.5) is 11.4 Å². The number of benzene rings is 2. The van der Waals surface area contributed by atoms with E-state index in [-0.39, 0.29) is 30.2 Å². The normalized spacial score (nSPS) is 19.5. The third-order valence-corrected chi connectivity index (χ3v) is 5.04. The average Bonchev–Trinajstić information content (AvgIpc) is 2.69. The largest absolute Gasteiger partial charge is 0.479 e. The van der Waals surface area contributed by atoms with Gasteiger partial charge < -0.3 is 20.3 Å². The maximum atomic E-state index is 12.8. The fraction of sp³-hybridized carbons (Fsp3) is 0.227. The molecule has 148 valence electrons. The summed E-state index contributed by atoms with van der Waals surface area (Å²) in [7, 11) is 0. The van der Waals surface area contributed by atoms with Crippen molar-refractivity contribution in [2.45, 2.75) is 32.4 Å². The van der Waals surface area contributed by atoms with Gasteiger partial charge in [0, 0.05) is 18.8 Å². The van der Waals surface area contributed by atoms with Crippen molar-refractivity contribution in [3.05, 3.63) is 59.8 Å². The number of hydrogen-bond acceptors (Lipinski definition) is 4. The van der Waals surface area contributed by atoms with Crippen LogP contribution in [-0.2, 0) is 14.4 Å². The number of hydrogen-bond donors (Lipinski definition) is 2. The number of nitrogens with one attached hydrogen (secondary N) is 2. The number of carbonyl (C=O) groups excluding carboxylic acids is 3. The van der Waals surface area contributed by atoms with E-state index in [4.69, 9.17) is 4.74 Å². The number of ether oxygens (including phenoxy) is 1. The van der Waals surface area contributed by atoms with E-state index in [1.54, 1.807) is 36.2 Å². The highest BCUT2D eigenvalue weighted by Crippen LogP contribution is 2.34. The highest BCUT2D eigenvalue weighted by molar-refractivity contribution is 5.99. The van der Waals surface area contributed by atoms with Crippen molar-refractivity contribution in [2.24, 2.45) is 0 Å². The summed E-state index contributed by atoms with van der Waals surface area (Å²) in [5.74, 6) is -0.0353. The Morgan fingerprint density at radius 1 is 1.21 bits per heavy atom. The summed E-state index contributed by atoms with van der Waals surface area (Å²) in [6.45, 7) is 3.15. The smallest absolute Gasteiger partial charge is 0.265 e. The molecule has 2 heterocycles. The summed E-state index contributed by atoms with van der Waals surface area (Å²) < 4.78 is 5.53. The minimum absolute atomic E-state index is 0.109. The number of amides is 3. The van der Waals surface area contributed by atoms with E-state index in [0.29, 0.717) is 17.1 Å². The topological polar surface area (TPSA) is 87.7 Å². The zero-order valence-corrected chi connectivity index (χ0v) is 16.1. The Labute approximate surface area is 168 Å². The number of nitrogens with zero attached hydrogens (tertiary/aromatic N) is 1. The van der Waals surface area contributed by atoms with Crippen LogP contribution in [0.15, 0.2) is 48.7 Å². The van der Waals surface area contributed by atoms with Crippen LogP contribution in [0.3, 0.4) is 0 Å². The van der Waals surface area contributed by atoms with Crippen molar-refractivity contribution in [3.63, 3.8) is 0 Å². The molecule has 3 amide bonds. The molecule has 2 aliphatic heterocycles. The summed E-state index contributed by atoms with van der Waals surface area (Å²) >= 11 is 0. The summed E-state index contributed by atoms with van der Waals surface area (Å²) in [6, 6.07) is 12.4. The monoisotopic (exact) mass is 391 g/mol. The van der Waals surface area contributed by atoms with Crippen molar-refractivity contribution in [3.8, 4) is 5.75 Å². The molecule has 0 aliphatic carbocycles. The maximum Gasteiger partial charge on any atom is 0.265 e. The number of anilines is 2. The Bertz CT molecular complexity index is 1030. The molecule has 0 unspecified atom stereocenters. The van der Waals surface area contributed by atoms with Crippen LogP contribution >= 0.6 is 0 Å². The Hall–Kier alpha value is -3.61. The van der Waals surface area contributed by atoms with Gasteiger partial charge in [0.25, 0.3) is 5.91 Å². The van der Waals surface area contributed by atoms with Gasteiger partial charge in [0.15, 0.2) is 6.10 Å². The molecule has 2 aromatic carbocycles. The lowest BCUT2D eigenvalue weighted by atomic mass is 9.93. The Balaban J connectivity index is 1.52. The maximum absolute atomic E-state index is 12.8. The van der Waals surface area contributed by atoms with Gasteiger partial charge in [-0.1, -0.05) is 24.3 Å². The van der Waals surface area contributed by atoms with E-state index in [1.165, 1.54) is 6.92 Å². The second kappa shape index (κ2) is 7.43. The molecule has 7 heteroatoms. The summed E-state index contributed by atoms with van der Waals surface area (Å²) in [6.07, 6.45) is 3.14. The van der Waals surface area contributed by atoms with E-state index in [2.05, 4.69) is 10.6 Å². The fourth-order valence-electron chi connectivity index (χ4n) is 3.59. The van der Waals surface area contributed by atoms with Gasteiger partial charge in [-0.05, 0) is 42.3 Å². The minimum atomic E-state index is -0.556. The highest BCUT2D eigenvalue weighted by atomic mass is 16.5. The van der Waals surface area contributed by atoms with E-state index >= 15 is 0 Å². The van der Waals surface area contributed by atoms with Crippen LogP contribution in [0.2, 0.25) is 0 Å². The average molecular weight is 391 g/mol. The second-order valence-electron chi connectivity index (χ2n) is 7.10. The molecule has 29 heavy (non-hydrogen) atoms. The Morgan fingerprint density at radius 2 is 2.00 bits per heavy atom. The standard InChI is InChI=1S/C22H21N3O4/c1-13-22(28)24-18-11-16(7-8-20(18)29-13)23-21(27)12-19-17-6-4-3-5-15(17)9-10-25(19)14(2)26/h3-11,13,19H,12H2,1-2H3,(H,23,27)(H,24,28)/t13-,19+/m1/s1. The van der Waals surface area contributed by atoms with Crippen LogP contribution in [0.1, 0.15) is 37.4 Å². The first-order chi connectivity index (χ1) is 13.9. The lowest BCUT2D eigenvalue weighted by Crippen LogP contribution is -2.34. The molecule has 0 saturated heterocycles. The molecular weight excluding hydrogens is 370 g/mol. The molecule has 2 atom stereocenters. The molecule has 0 aromatic heterocycles. The lowest BCUT2D eigenvalue weighted by molar-refractivity contribution is -0.129. The van der Waals surface area contributed by atoms with Gasteiger partial charge >= 0.3 is 0 Å². The second-order valence-corrected chi connectivity index (χ2v) is 7.10. The zero-order valence-electron chi connectivity index (χ0n) is 16.1. The molecule has 0 bridgehead atoms. The lowest BCUT2D eigenvalue weighted by Gasteiger charge is -2.32. The Morgan fingerprint density at radius 3 is 2.79 bits per heavy atom. The van der Waals surface area contributed by atoms with Gasteiger partial charge in [0.05, 0.1) is 18.2 Å². The third-order valence-electron chi connectivity index (χ3n) is 5.04. The predicted octanol–water partition coefficient (Wildman–Crippen LogP) is 3.31. The summed E-state index contributed by atoms with van der Waals surface area (Å²) in [5, 5.41) is 5.61. The molecule has 2 aromatic rings. The Kier molecular flexibility index (Phi) is 4.80. The van der Waals surface area contributed by atoms with Crippen LogP contribution in [-0.4, -0.2) is 28.7 Å². The molecule has 0 spiro atoms. The molecular formula is C22H21N3O4.